The van der Waals surface area contributed by atoms with E-state index in [4.69, 9.17) is 0 Å². The van der Waals surface area contributed by atoms with Gasteiger partial charge in [0.15, 0.2) is 0 Å². The zero-order chi connectivity index (χ0) is 15.2. The summed E-state index contributed by atoms with van der Waals surface area (Å²) in [6.45, 7) is 5.49. The van der Waals surface area contributed by atoms with E-state index in [1.807, 2.05) is 0 Å². The van der Waals surface area contributed by atoms with Gasteiger partial charge in [-0.1, -0.05) is 58.4 Å². The van der Waals surface area contributed by atoms with Crippen LogP contribution >= 0.6 is 15.9 Å². The van der Waals surface area contributed by atoms with Gasteiger partial charge in [0, 0.05) is 24.1 Å². The second-order valence-corrected chi connectivity index (χ2v) is 6.77. The van der Waals surface area contributed by atoms with E-state index in [0.29, 0.717) is 0 Å². The van der Waals surface area contributed by atoms with E-state index in [9.17, 15) is 0 Å². The monoisotopic (exact) mass is 358 g/mol. The number of nitrogens with zero attached hydrogens (tertiary/aromatic N) is 1. The zero-order valence-electron chi connectivity index (χ0n) is 12.9. The molecule has 3 heteroatoms. The largest absolute Gasteiger partial charge is 0.313 e. The lowest BCUT2D eigenvalue weighted by molar-refractivity contribution is 0.250. The summed E-state index contributed by atoms with van der Waals surface area (Å²) in [5, 5.41) is 3.54. The minimum Gasteiger partial charge on any atom is -0.313 e. The zero-order valence-corrected chi connectivity index (χ0v) is 14.5. The highest BCUT2D eigenvalue weighted by Crippen LogP contribution is 2.18. The highest BCUT2D eigenvalue weighted by Gasteiger charge is 2.14. The second kappa shape index (κ2) is 7.91. The molecule has 0 amide bonds. The second-order valence-electron chi connectivity index (χ2n) is 5.92. The minimum absolute atomic E-state index is 0.935. The van der Waals surface area contributed by atoms with Crippen LogP contribution in [0.3, 0.4) is 0 Å². The van der Waals surface area contributed by atoms with E-state index in [1.54, 1.807) is 0 Å². The van der Waals surface area contributed by atoms with Gasteiger partial charge in [-0.05, 0) is 48.7 Å². The summed E-state index contributed by atoms with van der Waals surface area (Å²) in [7, 11) is 0. The summed E-state index contributed by atoms with van der Waals surface area (Å²) in [6.07, 6.45) is 2.40. The van der Waals surface area contributed by atoms with Gasteiger partial charge in [-0.25, -0.2) is 0 Å². The Morgan fingerprint density at radius 2 is 1.77 bits per heavy atom. The van der Waals surface area contributed by atoms with Gasteiger partial charge in [0.1, 0.15) is 0 Å². The summed E-state index contributed by atoms with van der Waals surface area (Å²) in [5.74, 6) is 0. The Hall–Kier alpha value is -1.16. The van der Waals surface area contributed by atoms with Crippen molar-refractivity contribution < 1.29 is 0 Å². The van der Waals surface area contributed by atoms with E-state index in [-0.39, 0.29) is 0 Å². The van der Waals surface area contributed by atoms with E-state index >= 15 is 0 Å². The number of benzene rings is 2. The summed E-state index contributed by atoms with van der Waals surface area (Å²) < 4.78 is 1.19. The molecule has 2 aromatic carbocycles. The molecule has 0 saturated heterocycles. The van der Waals surface area contributed by atoms with Crippen LogP contribution in [-0.2, 0) is 19.5 Å². The fraction of sp³-hybridized carbons (Fsp3) is 0.368. The fourth-order valence-electron chi connectivity index (χ4n) is 3.04. The molecule has 1 N–H and O–H groups in total. The summed E-state index contributed by atoms with van der Waals surface area (Å²) in [6, 6.07) is 17.3. The van der Waals surface area contributed by atoms with Crippen molar-refractivity contribution in [3.63, 3.8) is 0 Å². The molecule has 1 aliphatic rings. The van der Waals surface area contributed by atoms with Gasteiger partial charge in [-0.3, -0.25) is 4.90 Å². The van der Waals surface area contributed by atoms with Gasteiger partial charge in [0.05, 0.1) is 0 Å². The lowest BCUT2D eigenvalue weighted by Gasteiger charge is -2.28. The number of rotatable bonds is 6. The number of nitrogens with one attached hydrogen (secondary N) is 1. The molecule has 116 valence electrons. The van der Waals surface area contributed by atoms with Crippen LogP contribution in [0.2, 0.25) is 0 Å². The molecular formula is C19H23BrN2. The fourth-order valence-corrected chi connectivity index (χ4v) is 3.46. The van der Waals surface area contributed by atoms with Crippen LogP contribution in [-0.4, -0.2) is 24.5 Å². The first-order chi connectivity index (χ1) is 10.8. The van der Waals surface area contributed by atoms with Crippen molar-refractivity contribution in [3.8, 4) is 0 Å². The standard InChI is InChI=1S/C19H23BrN2/c20-19-9-4-3-7-17(19)14-21-11-5-12-22-13-10-16-6-1-2-8-18(16)15-22/h1-4,6-9,21H,5,10-15H2. The predicted molar refractivity (Wildman–Crippen MR) is 95.9 cm³/mol. The van der Waals surface area contributed by atoms with E-state index in [0.717, 1.165) is 19.6 Å². The van der Waals surface area contributed by atoms with Crippen molar-refractivity contribution >= 4 is 15.9 Å². The molecule has 0 unspecified atom stereocenters. The van der Waals surface area contributed by atoms with Crippen molar-refractivity contribution in [2.24, 2.45) is 0 Å². The van der Waals surface area contributed by atoms with Gasteiger partial charge in [0.2, 0.25) is 0 Å². The number of halogens is 1. The first-order valence-corrected chi connectivity index (χ1v) is 8.85. The molecule has 1 aliphatic heterocycles. The lowest BCUT2D eigenvalue weighted by Crippen LogP contribution is -2.32. The smallest absolute Gasteiger partial charge is 0.0236 e. The third-order valence-electron chi connectivity index (χ3n) is 4.31. The molecule has 1 heterocycles. The maximum Gasteiger partial charge on any atom is 0.0236 e. The molecule has 22 heavy (non-hydrogen) atoms. The van der Waals surface area contributed by atoms with Crippen LogP contribution in [0, 0.1) is 0 Å². The summed E-state index contributed by atoms with van der Waals surface area (Å²) >= 11 is 3.60. The van der Waals surface area contributed by atoms with Crippen LogP contribution in [0.15, 0.2) is 53.0 Å². The number of hydrogen-bond donors (Lipinski definition) is 1. The Morgan fingerprint density at radius 3 is 2.64 bits per heavy atom. The molecule has 0 radical (unpaired) electrons. The maximum atomic E-state index is 3.60. The minimum atomic E-state index is 0.935. The summed E-state index contributed by atoms with van der Waals surface area (Å²) in [5.41, 5.74) is 4.37. The third kappa shape index (κ3) is 4.19. The average Bonchev–Trinajstić information content (AvgIpc) is 2.56. The maximum absolute atomic E-state index is 3.60. The highest BCUT2D eigenvalue weighted by atomic mass is 79.9. The van der Waals surface area contributed by atoms with E-state index in [1.165, 1.54) is 47.1 Å². The van der Waals surface area contributed by atoms with Crippen LogP contribution in [0.5, 0.6) is 0 Å². The molecule has 2 nitrogen and oxygen atoms in total. The van der Waals surface area contributed by atoms with Crippen LogP contribution in [0.4, 0.5) is 0 Å². The van der Waals surface area contributed by atoms with Crippen LogP contribution in [0.1, 0.15) is 23.1 Å². The number of fused-ring (bicyclic) bond motifs is 1. The Labute approximate surface area is 141 Å². The third-order valence-corrected chi connectivity index (χ3v) is 5.08. The Bertz CT molecular complexity index is 612. The first-order valence-electron chi connectivity index (χ1n) is 8.06. The normalized spacial score (nSPS) is 14.8. The van der Waals surface area contributed by atoms with Crippen LogP contribution < -0.4 is 5.32 Å². The van der Waals surface area contributed by atoms with Crippen molar-refractivity contribution in [2.75, 3.05) is 19.6 Å². The van der Waals surface area contributed by atoms with E-state index in [2.05, 4.69) is 74.7 Å². The van der Waals surface area contributed by atoms with Crippen molar-refractivity contribution in [3.05, 3.63) is 69.7 Å². The average molecular weight is 359 g/mol. The molecular weight excluding hydrogens is 336 g/mol. The molecule has 0 aliphatic carbocycles. The molecule has 0 saturated carbocycles. The Balaban J connectivity index is 1.37. The van der Waals surface area contributed by atoms with Crippen LogP contribution in [0.25, 0.3) is 0 Å². The van der Waals surface area contributed by atoms with Gasteiger partial charge < -0.3 is 5.32 Å². The molecule has 0 atom stereocenters. The van der Waals surface area contributed by atoms with E-state index < -0.39 is 0 Å². The van der Waals surface area contributed by atoms with Gasteiger partial charge in [-0.15, -0.1) is 0 Å². The lowest BCUT2D eigenvalue weighted by atomic mass is 10.00. The Morgan fingerprint density at radius 1 is 1.00 bits per heavy atom. The van der Waals surface area contributed by atoms with Gasteiger partial charge in [0.25, 0.3) is 0 Å². The van der Waals surface area contributed by atoms with Crippen molar-refractivity contribution in [1.82, 2.24) is 10.2 Å². The first kappa shape index (κ1) is 15.7. The summed E-state index contributed by atoms with van der Waals surface area (Å²) in [4.78, 5) is 2.57. The van der Waals surface area contributed by atoms with Crippen molar-refractivity contribution in [1.29, 1.82) is 0 Å². The molecule has 2 aromatic rings. The molecule has 0 fully saturated rings. The van der Waals surface area contributed by atoms with Gasteiger partial charge in [-0.2, -0.15) is 0 Å². The topological polar surface area (TPSA) is 15.3 Å². The molecule has 0 spiro atoms. The SMILES string of the molecule is Brc1ccccc1CNCCCN1CCc2ccccc2C1. The molecule has 3 rings (SSSR count). The number of hydrogen-bond acceptors (Lipinski definition) is 2. The predicted octanol–water partition coefficient (Wildman–Crippen LogP) is 3.99. The Kier molecular flexibility index (Phi) is 5.65. The molecule has 0 bridgehead atoms. The quantitative estimate of drug-likeness (QED) is 0.785. The van der Waals surface area contributed by atoms with Crippen molar-refractivity contribution in [2.45, 2.75) is 25.9 Å². The van der Waals surface area contributed by atoms with Gasteiger partial charge >= 0.3 is 0 Å². The molecule has 0 aromatic heterocycles. The highest BCUT2D eigenvalue weighted by molar-refractivity contribution is 9.10.